The molecule has 6 aromatic rings. The van der Waals surface area contributed by atoms with Gasteiger partial charge in [-0.1, -0.05) is 34.7 Å². The lowest BCUT2D eigenvalue weighted by Crippen LogP contribution is -2.23. The zero-order valence-electron chi connectivity index (χ0n) is 27.3. The van der Waals surface area contributed by atoms with E-state index in [1.807, 2.05) is 42.5 Å². The molecule has 1 aliphatic rings. The molecule has 17 nitrogen and oxygen atoms in total. The molecule has 0 aliphatic heterocycles. The molecule has 1 fully saturated rings. The van der Waals surface area contributed by atoms with Gasteiger partial charge in [-0.2, -0.15) is 0 Å². The first-order valence-electron chi connectivity index (χ1n) is 16.6. The number of hydrogen-bond acceptors (Lipinski definition) is 11. The zero-order valence-corrected chi connectivity index (χ0v) is 27.3. The molecule has 0 bridgehead atoms. The lowest BCUT2D eigenvalue weighted by atomic mass is 9.97. The molecule has 0 radical (unpaired) electrons. The van der Waals surface area contributed by atoms with Crippen molar-refractivity contribution in [3.63, 3.8) is 0 Å². The van der Waals surface area contributed by atoms with Gasteiger partial charge in [-0.15, -0.1) is 10.2 Å². The maximum atomic E-state index is 11.6. The monoisotopic (exact) mass is 692 g/mol. The quantitative estimate of drug-likeness (QED) is 0.0585. The molecule has 6 N–H and O–H groups in total. The predicted octanol–water partition coefficient (Wildman–Crippen LogP) is 3.13. The van der Waals surface area contributed by atoms with Gasteiger partial charge in [-0.3, -0.25) is 20.0 Å². The van der Waals surface area contributed by atoms with Crippen LogP contribution >= 0.6 is 0 Å². The third-order valence-electron chi connectivity index (χ3n) is 9.19. The van der Waals surface area contributed by atoms with Crippen molar-refractivity contribution >= 4 is 46.0 Å². The second-order valence-electron chi connectivity index (χ2n) is 12.4. The number of carbonyl (C=O) groups is 2. The average Bonchev–Trinajstić information content (AvgIpc) is 4.00. The Balaban J connectivity index is 1.25. The minimum absolute atomic E-state index is 0.0146. The number of nitrogens with zero attached hydrogens (tertiary/aromatic N) is 9. The van der Waals surface area contributed by atoms with Crippen LogP contribution in [0.1, 0.15) is 73.3 Å². The van der Waals surface area contributed by atoms with E-state index in [0.29, 0.717) is 24.2 Å². The molecule has 1 aliphatic carbocycles. The van der Waals surface area contributed by atoms with Crippen LogP contribution in [0.4, 0.5) is 0 Å². The molecule has 1 saturated carbocycles. The van der Waals surface area contributed by atoms with E-state index >= 15 is 0 Å². The van der Waals surface area contributed by atoms with Crippen molar-refractivity contribution in [2.75, 3.05) is 6.61 Å². The number of hydrogen-bond donors (Lipinski definition) is 6. The summed E-state index contributed by atoms with van der Waals surface area (Å²) in [6.07, 6.45) is 12.2. The third kappa shape index (κ3) is 7.03. The SMILES string of the molecule is O=C(C=Cc1cn(C(CCCO)c2nc3ccccc3n2C2CCC(C(c3nc4ccccc4[nH]3)n3cc(C=CC(=O)NO)nn3)C2)nn1)NO. The summed E-state index contributed by atoms with van der Waals surface area (Å²) in [6.45, 7) is -0.0146. The number of nitrogens with one attached hydrogen (secondary N) is 3. The van der Waals surface area contributed by atoms with Crippen molar-refractivity contribution < 1.29 is 25.1 Å². The van der Waals surface area contributed by atoms with E-state index in [0.717, 1.165) is 59.1 Å². The summed E-state index contributed by atoms with van der Waals surface area (Å²) in [4.78, 5) is 36.7. The Labute approximate surface area is 290 Å². The first kappa shape index (κ1) is 33.5. The molecule has 2 aromatic carbocycles. The predicted molar refractivity (Wildman–Crippen MR) is 183 cm³/mol. The van der Waals surface area contributed by atoms with Gasteiger partial charge in [0.05, 0.1) is 34.5 Å². The summed E-state index contributed by atoms with van der Waals surface area (Å²) in [6, 6.07) is 15.1. The van der Waals surface area contributed by atoms with Crippen LogP contribution in [0.15, 0.2) is 73.1 Å². The molecule has 262 valence electrons. The van der Waals surface area contributed by atoms with Crippen molar-refractivity contribution in [3.05, 3.63) is 96.1 Å². The normalized spacial score (nSPS) is 17.5. The molecule has 17 heteroatoms. The molecule has 4 unspecified atom stereocenters. The number of benzene rings is 2. The number of aromatic amines is 1. The van der Waals surface area contributed by atoms with E-state index in [-0.39, 0.29) is 30.7 Å². The van der Waals surface area contributed by atoms with Crippen LogP contribution in [0.25, 0.3) is 34.2 Å². The number of aliphatic hydroxyl groups is 1. The van der Waals surface area contributed by atoms with Crippen LogP contribution in [0.3, 0.4) is 0 Å². The lowest BCUT2D eigenvalue weighted by molar-refractivity contribution is -0.124. The number of fused-ring (bicyclic) bond motifs is 2. The van der Waals surface area contributed by atoms with Crippen LogP contribution in [-0.4, -0.2) is 83.4 Å². The molecule has 51 heavy (non-hydrogen) atoms. The molecule has 4 heterocycles. The largest absolute Gasteiger partial charge is 0.396 e. The van der Waals surface area contributed by atoms with Crippen LogP contribution in [0.2, 0.25) is 0 Å². The second-order valence-corrected chi connectivity index (χ2v) is 12.4. The van der Waals surface area contributed by atoms with E-state index in [4.69, 9.17) is 20.4 Å². The number of amides is 2. The molecular formula is C34H36N12O5. The summed E-state index contributed by atoms with van der Waals surface area (Å²) >= 11 is 0. The average molecular weight is 693 g/mol. The topological polar surface area (TPSA) is 227 Å². The van der Waals surface area contributed by atoms with Crippen LogP contribution in [-0.2, 0) is 9.59 Å². The molecular weight excluding hydrogens is 656 g/mol. The minimum Gasteiger partial charge on any atom is -0.396 e. The molecule has 4 atom stereocenters. The first-order chi connectivity index (χ1) is 24.9. The van der Waals surface area contributed by atoms with Gasteiger partial charge < -0.3 is 14.7 Å². The van der Waals surface area contributed by atoms with Gasteiger partial charge >= 0.3 is 0 Å². The van der Waals surface area contributed by atoms with Gasteiger partial charge in [0.15, 0.2) is 0 Å². The Kier molecular flexibility index (Phi) is 9.73. The number of aliphatic hydroxyl groups excluding tert-OH is 1. The van der Waals surface area contributed by atoms with Crippen molar-refractivity contribution in [2.24, 2.45) is 5.92 Å². The number of imidazole rings is 2. The number of rotatable bonds is 13. The van der Waals surface area contributed by atoms with Crippen LogP contribution < -0.4 is 11.0 Å². The first-order valence-corrected chi connectivity index (χ1v) is 16.6. The highest BCUT2D eigenvalue weighted by Crippen LogP contribution is 2.45. The Morgan fingerprint density at radius 1 is 0.882 bits per heavy atom. The highest BCUT2D eigenvalue weighted by molar-refractivity contribution is 5.91. The molecule has 0 spiro atoms. The fraction of sp³-hybridized carbons (Fsp3) is 0.294. The molecule has 0 saturated heterocycles. The van der Waals surface area contributed by atoms with Gasteiger partial charge in [-0.25, -0.2) is 30.3 Å². The smallest absolute Gasteiger partial charge is 0.267 e. The van der Waals surface area contributed by atoms with E-state index in [1.54, 1.807) is 32.7 Å². The zero-order chi connectivity index (χ0) is 35.3. The third-order valence-corrected chi connectivity index (χ3v) is 9.19. The fourth-order valence-electron chi connectivity index (χ4n) is 6.95. The van der Waals surface area contributed by atoms with Gasteiger partial charge in [0.2, 0.25) is 0 Å². The fourth-order valence-corrected chi connectivity index (χ4v) is 6.95. The highest BCUT2D eigenvalue weighted by atomic mass is 16.5. The van der Waals surface area contributed by atoms with E-state index in [2.05, 4.69) is 36.2 Å². The lowest BCUT2D eigenvalue weighted by Gasteiger charge is -2.24. The van der Waals surface area contributed by atoms with Gasteiger partial charge in [0, 0.05) is 24.8 Å². The van der Waals surface area contributed by atoms with Crippen molar-refractivity contribution in [2.45, 2.75) is 50.2 Å². The summed E-state index contributed by atoms with van der Waals surface area (Å²) < 4.78 is 5.77. The highest BCUT2D eigenvalue weighted by Gasteiger charge is 2.38. The Morgan fingerprint density at radius 2 is 1.55 bits per heavy atom. The van der Waals surface area contributed by atoms with E-state index in [9.17, 15) is 14.7 Å². The van der Waals surface area contributed by atoms with Gasteiger partial charge in [0.25, 0.3) is 11.8 Å². The summed E-state index contributed by atoms with van der Waals surface area (Å²) in [5, 5.41) is 44.9. The Bertz CT molecular complexity index is 2180. The number of H-pyrrole nitrogens is 1. The minimum atomic E-state index is -0.687. The molecule has 4 aromatic heterocycles. The maximum absolute atomic E-state index is 11.6. The molecule has 2 amide bonds. The van der Waals surface area contributed by atoms with E-state index < -0.39 is 11.8 Å². The van der Waals surface area contributed by atoms with Crippen molar-refractivity contribution in [1.29, 1.82) is 0 Å². The van der Waals surface area contributed by atoms with Gasteiger partial charge in [0.1, 0.15) is 35.1 Å². The number of aromatic nitrogens is 10. The summed E-state index contributed by atoms with van der Waals surface area (Å²) in [7, 11) is 0. The number of para-hydroxylation sites is 4. The van der Waals surface area contributed by atoms with Crippen molar-refractivity contribution in [1.82, 2.24) is 60.5 Å². The van der Waals surface area contributed by atoms with Crippen LogP contribution in [0, 0.1) is 5.92 Å². The van der Waals surface area contributed by atoms with Crippen molar-refractivity contribution in [3.8, 4) is 0 Å². The molecule has 7 rings (SSSR count). The second kappa shape index (κ2) is 14.8. The van der Waals surface area contributed by atoms with E-state index in [1.165, 1.54) is 18.2 Å². The Hall–Kier alpha value is -6.04. The Morgan fingerprint density at radius 3 is 2.25 bits per heavy atom. The number of hydroxylamine groups is 2. The van der Waals surface area contributed by atoms with Crippen LogP contribution in [0.5, 0.6) is 0 Å². The number of carbonyl (C=O) groups excluding carboxylic acids is 2. The maximum Gasteiger partial charge on any atom is 0.267 e. The summed E-state index contributed by atoms with van der Waals surface area (Å²) in [5.74, 6) is 0.225. The summed E-state index contributed by atoms with van der Waals surface area (Å²) in [5.41, 5.74) is 7.55. The van der Waals surface area contributed by atoms with Gasteiger partial charge in [-0.05, 0) is 74.4 Å². The standard InChI is InChI=1S/C34H36N12O5/c47-17-5-10-29(44-19-22(38-42-44)12-15-30(48)40-50)34-37-27-8-3-4-9-28(27)46(34)24-14-11-21(18-24)32(33-35-25-6-1-2-7-26(25)36-33)45-20-23(39-43-45)13-16-31(49)41-51/h1-4,6-9,12-13,15-16,19-21,24,29,32,47,50-51H,5,10-11,14,17-18H2,(H,35,36)(H,40,48)(H,41,49).